The van der Waals surface area contributed by atoms with E-state index < -0.39 is 20.8 Å². The van der Waals surface area contributed by atoms with E-state index in [-0.39, 0.29) is 0 Å². The number of halogens is 2. The van der Waals surface area contributed by atoms with Crippen LogP contribution >= 0.6 is 17.0 Å². The van der Waals surface area contributed by atoms with E-state index in [1.165, 1.54) is 37.9 Å². The average molecular weight is 457 g/mol. The van der Waals surface area contributed by atoms with Crippen molar-refractivity contribution in [3.8, 4) is 0 Å². The van der Waals surface area contributed by atoms with E-state index in [1.54, 1.807) is 0 Å². The second kappa shape index (κ2) is 9.51. The Morgan fingerprint density at radius 3 is 1.65 bits per heavy atom. The number of rotatable bonds is 0. The minimum atomic E-state index is -0.826. The normalized spacial score (nSPS) is 9.96. The van der Waals surface area contributed by atoms with Gasteiger partial charge in [-0.25, -0.2) is 0 Å². The number of aryl methyl sites for hydroxylation is 1. The van der Waals surface area contributed by atoms with E-state index in [1.807, 2.05) is 0 Å². The van der Waals surface area contributed by atoms with Crippen LogP contribution in [0, 0.1) is 6.92 Å². The fourth-order valence-corrected chi connectivity index (χ4v) is 3.21. The summed E-state index contributed by atoms with van der Waals surface area (Å²) in [5.74, 6) is 0. The van der Waals surface area contributed by atoms with Crippen LogP contribution in [0.5, 0.6) is 0 Å². The molecule has 0 heterocycles. The van der Waals surface area contributed by atoms with Crippen LogP contribution < -0.4 is 0 Å². The van der Waals surface area contributed by atoms with Crippen LogP contribution in [0.1, 0.15) is 5.56 Å². The summed E-state index contributed by atoms with van der Waals surface area (Å²) in [6, 6.07) is 32.1. The van der Waals surface area contributed by atoms with Crippen molar-refractivity contribution in [2.24, 2.45) is 0 Å². The molecule has 0 atom stereocenters. The van der Waals surface area contributed by atoms with Gasteiger partial charge in [-0.15, -0.1) is 80.3 Å². The molecule has 5 aromatic carbocycles. The van der Waals surface area contributed by atoms with Crippen molar-refractivity contribution in [1.82, 2.24) is 0 Å². The Morgan fingerprint density at radius 1 is 0.654 bits per heavy atom. The number of fused-ring (bicyclic) bond motifs is 4. The Hall–Kier alpha value is -1.40. The summed E-state index contributed by atoms with van der Waals surface area (Å²) in [6.45, 7) is 2.12. The minimum absolute atomic E-state index is 0.826. The summed E-state index contributed by atoms with van der Waals surface area (Å²) in [5, 5.41) is 8.09. The third-order valence-electron chi connectivity index (χ3n) is 4.29. The zero-order valence-electron chi connectivity index (χ0n) is 14.4. The summed E-state index contributed by atoms with van der Waals surface area (Å²) < 4.78 is 0. The fourth-order valence-electron chi connectivity index (χ4n) is 3.21. The van der Waals surface area contributed by atoms with Crippen molar-refractivity contribution >= 4 is 49.3 Å². The molecule has 26 heavy (non-hydrogen) atoms. The topological polar surface area (TPSA) is 0 Å². The number of hydrogen-bond acceptors (Lipinski definition) is 0. The molecule has 5 aromatic rings. The second-order valence-electron chi connectivity index (χ2n) is 6.05. The van der Waals surface area contributed by atoms with E-state index in [4.69, 9.17) is 17.0 Å². The largest absolute Gasteiger partial charge is 0.126 e. The molecule has 0 bridgehead atoms. The first kappa shape index (κ1) is 19.4. The molecule has 0 N–H and O–H groups in total. The van der Waals surface area contributed by atoms with Crippen LogP contribution in [0.4, 0.5) is 0 Å². The zero-order chi connectivity index (χ0) is 18.4. The summed E-state index contributed by atoms with van der Waals surface area (Å²) in [5.41, 5.74) is 1.35. The molecule has 0 aliphatic heterocycles. The van der Waals surface area contributed by atoms with Gasteiger partial charge in [-0.05, 0) is 0 Å². The number of hydrogen-bond donors (Lipinski definition) is 0. The summed E-state index contributed by atoms with van der Waals surface area (Å²) >= 11 is -0.826. The Balaban J connectivity index is 0.000000135. The summed E-state index contributed by atoms with van der Waals surface area (Å²) in [7, 11) is 9.87. The van der Waals surface area contributed by atoms with E-state index in [9.17, 15) is 0 Å². The quantitative estimate of drug-likeness (QED) is 0.207. The van der Waals surface area contributed by atoms with Gasteiger partial charge in [-0.2, -0.15) is 6.07 Å². The third-order valence-corrected chi connectivity index (χ3v) is 4.29. The van der Waals surface area contributed by atoms with Gasteiger partial charge in [0.15, 0.2) is 0 Å². The zero-order valence-corrected chi connectivity index (χ0v) is 18.4. The van der Waals surface area contributed by atoms with Crippen molar-refractivity contribution in [3.63, 3.8) is 0 Å². The SMILES string of the molecule is Cc1cc2ccccc2[cH-]1.[Cl][Zr+2][Cl].c1ccc2c(c1)[cH-]c1ccccc12. The predicted molar refractivity (Wildman–Crippen MR) is 113 cm³/mol. The molecule has 0 saturated heterocycles. The van der Waals surface area contributed by atoms with E-state index in [2.05, 4.69) is 97.9 Å². The molecule has 0 amide bonds. The molecule has 0 radical (unpaired) electrons. The number of benzene rings is 3. The van der Waals surface area contributed by atoms with Crippen LogP contribution in [0.25, 0.3) is 32.3 Å². The van der Waals surface area contributed by atoms with Crippen molar-refractivity contribution in [3.05, 3.63) is 96.6 Å². The van der Waals surface area contributed by atoms with Crippen molar-refractivity contribution in [2.45, 2.75) is 6.92 Å². The monoisotopic (exact) mass is 454 g/mol. The molecule has 0 aromatic heterocycles. The van der Waals surface area contributed by atoms with Crippen LogP contribution in [0.15, 0.2) is 91.0 Å². The Bertz CT molecular complexity index is 1020. The molecule has 0 aliphatic carbocycles. The van der Waals surface area contributed by atoms with Gasteiger partial charge in [-0.3, -0.25) is 0 Å². The molecule has 3 heteroatoms. The maximum atomic E-state index is 4.93. The van der Waals surface area contributed by atoms with E-state index in [0.29, 0.717) is 0 Å². The molecular weight excluding hydrogens is 438 g/mol. The van der Waals surface area contributed by atoms with Crippen molar-refractivity contribution in [2.75, 3.05) is 0 Å². The first-order chi connectivity index (χ1) is 12.7. The Morgan fingerprint density at radius 2 is 1.12 bits per heavy atom. The maximum Gasteiger partial charge on any atom is -0.0771 e. The Labute approximate surface area is 172 Å². The maximum absolute atomic E-state index is 4.93. The van der Waals surface area contributed by atoms with Gasteiger partial charge >= 0.3 is 37.9 Å². The smallest absolute Gasteiger partial charge is 0.0771 e. The van der Waals surface area contributed by atoms with E-state index in [0.717, 1.165) is 0 Å². The molecule has 0 saturated carbocycles. The first-order valence-corrected chi connectivity index (χ1v) is 14.7. The van der Waals surface area contributed by atoms with Gasteiger partial charge in [0, 0.05) is 0 Å². The van der Waals surface area contributed by atoms with Crippen molar-refractivity contribution in [1.29, 1.82) is 0 Å². The van der Waals surface area contributed by atoms with E-state index >= 15 is 0 Å². The van der Waals surface area contributed by atoms with Crippen LogP contribution in [0.3, 0.4) is 0 Å². The molecule has 0 spiro atoms. The molecule has 5 rings (SSSR count). The molecule has 128 valence electrons. The first-order valence-electron chi connectivity index (χ1n) is 8.34. The second-order valence-corrected chi connectivity index (χ2v) is 9.78. The Kier molecular flexibility index (Phi) is 7.09. The van der Waals surface area contributed by atoms with Gasteiger partial charge < -0.3 is 0 Å². The summed E-state index contributed by atoms with van der Waals surface area (Å²) in [4.78, 5) is 0. The predicted octanol–water partition coefficient (Wildman–Crippen LogP) is 7.96. The molecular formula is C23H18Cl2Zr. The fraction of sp³-hybridized carbons (Fsp3) is 0.0435. The molecule has 0 nitrogen and oxygen atoms in total. The van der Waals surface area contributed by atoms with Gasteiger partial charge in [0.25, 0.3) is 0 Å². The van der Waals surface area contributed by atoms with Crippen LogP contribution in [-0.4, -0.2) is 0 Å². The minimum Gasteiger partial charge on any atom is -0.126 e. The van der Waals surface area contributed by atoms with Crippen molar-refractivity contribution < 1.29 is 20.8 Å². The molecule has 0 aliphatic rings. The van der Waals surface area contributed by atoms with Crippen LogP contribution in [-0.2, 0) is 20.8 Å². The van der Waals surface area contributed by atoms with Gasteiger partial charge in [0.2, 0.25) is 0 Å². The average Bonchev–Trinajstić information content (AvgIpc) is 3.22. The third kappa shape index (κ3) is 4.66. The van der Waals surface area contributed by atoms with Gasteiger partial charge in [-0.1, -0.05) is 49.4 Å². The molecule has 0 fully saturated rings. The van der Waals surface area contributed by atoms with Gasteiger partial charge in [0.05, 0.1) is 0 Å². The standard InChI is InChI=1S/C13H9.C10H9.2ClH.Zr/c1-3-7-12-10(5-1)9-11-6-2-4-8-13(11)12;1-8-6-9-4-2-3-5-10(9)7-8;;;/h1-9H;2-7H,1H3;2*1H;/q2*-1;;;+4/p-2. The van der Waals surface area contributed by atoms with Gasteiger partial charge in [0.1, 0.15) is 0 Å². The molecule has 0 unspecified atom stereocenters. The summed E-state index contributed by atoms with van der Waals surface area (Å²) in [6.07, 6.45) is 0. The van der Waals surface area contributed by atoms with Crippen LogP contribution in [0.2, 0.25) is 0 Å².